The van der Waals surface area contributed by atoms with E-state index in [1.54, 1.807) is 6.07 Å². The second-order valence-electron chi connectivity index (χ2n) is 6.27. The Morgan fingerprint density at radius 3 is 2.27 bits per heavy atom. The lowest BCUT2D eigenvalue weighted by Gasteiger charge is -2.08. The number of rotatable bonds is 5. The average molecular weight is 342 g/mol. The van der Waals surface area contributed by atoms with Crippen molar-refractivity contribution in [3.05, 3.63) is 89.5 Å². The van der Waals surface area contributed by atoms with Crippen LogP contribution in [0.25, 0.3) is 11.1 Å². The Kier molecular flexibility index (Phi) is 4.33. The van der Waals surface area contributed by atoms with Gasteiger partial charge in [0.05, 0.1) is 6.54 Å². The summed E-state index contributed by atoms with van der Waals surface area (Å²) in [5, 5.41) is 5.97. The standard InChI is InChI=1S/C22H18N2O2/c25-21(14-23-13-15-6-2-1-3-7-15)24-16-10-11-18-17-8-4-5-9-19(17)22(26)20(18)12-16/h1-12,23H,13-14H2,(H,24,25). The van der Waals surface area contributed by atoms with E-state index in [9.17, 15) is 9.59 Å². The van der Waals surface area contributed by atoms with Crippen molar-refractivity contribution in [3.63, 3.8) is 0 Å². The Balaban J connectivity index is 1.40. The van der Waals surface area contributed by atoms with Gasteiger partial charge in [-0.15, -0.1) is 0 Å². The molecule has 0 bridgehead atoms. The SMILES string of the molecule is O=C(CNCc1ccccc1)Nc1ccc2c(c1)C(=O)c1ccccc1-2. The lowest BCUT2D eigenvalue weighted by atomic mass is 10.1. The van der Waals surface area contributed by atoms with Crippen LogP contribution in [0, 0.1) is 0 Å². The lowest BCUT2D eigenvalue weighted by molar-refractivity contribution is -0.115. The number of ketones is 1. The largest absolute Gasteiger partial charge is 0.325 e. The first-order valence-corrected chi connectivity index (χ1v) is 8.55. The fourth-order valence-electron chi connectivity index (χ4n) is 3.23. The van der Waals surface area contributed by atoms with Gasteiger partial charge in [-0.3, -0.25) is 9.59 Å². The summed E-state index contributed by atoms with van der Waals surface area (Å²) in [6, 6.07) is 23.0. The third kappa shape index (κ3) is 3.15. The fourth-order valence-corrected chi connectivity index (χ4v) is 3.23. The highest BCUT2D eigenvalue weighted by Gasteiger charge is 2.26. The third-order valence-corrected chi connectivity index (χ3v) is 4.47. The number of nitrogens with one attached hydrogen (secondary N) is 2. The minimum absolute atomic E-state index is 0.00824. The summed E-state index contributed by atoms with van der Waals surface area (Å²) in [4.78, 5) is 24.7. The monoisotopic (exact) mass is 342 g/mol. The van der Waals surface area contributed by atoms with Crippen molar-refractivity contribution in [2.75, 3.05) is 11.9 Å². The number of fused-ring (bicyclic) bond motifs is 3. The molecule has 0 spiro atoms. The molecule has 2 N–H and O–H groups in total. The summed E-state index contributed by atoms with van der Waals surface area (Å²) < 4.78 is 0. The van der Waals surface area contributed by atoms with Crippen molar-refractivity contribution in [2.24, 2.45) is 0 Å². The zero-order valence-corrected chi connectivity index (χ0v) is 14.2. The molecule has 0 saturated heterocycles. The molecule has 0 saturated carbocycles. The molecule has 1 aliphatic carbocycles. The number of hydrogen-bond donors (Lipinski definition) is 2. The number of anilines is 1. The van der Waals surface area contributed by atoms with Gasteiger partial charge >= 0.3 is 0 Å². The van der Waals surface area contributed by atoms with Gasteiger partial charge in [-0.25, -0.2) is 0 Å². The molecule has 0 heterocycles. The summed E-state index contributed by atoms with van der Waals surface area (Å²) in [5.41, 5.74) is 5.00. The van der Waals surface area contributed by atoms with Gasteiger partial charge in [0, 0.05) is 23.4 Å². The Morgan fingerprint density at radius 2 is 1.46 bits per heavy atom. The second-order valence-corrected chi connectivity index (χ2v) is 6.27. The normalized spacial score (nSPS) is 11.8. The highest BCUT2D eigenvalue weighted by atomic mass is 16.2. The smallest absolute Gasteiger partial charge is 0.238 e. The van der Waals surface area contributed by atoms with Crippen LogP contribution in [0.4, 0.5) is 5.69 Å². The molecule has 0 atom stereocenters. The Morgan fingerprint density at radius 1 is 0.769 bits per heavy atom. The molecule has 3 aromatic rings. The minimum atomic E-state index is -0.135. The van der Waals surface area contributed by atoms with Crippen LogP contribution >= 0.6 is 0 Å². The Bertz CT molecular complexity index is 980. The molecule has 0 aromatic heterocycles. The summed E-state index contributed by atoms with van der Waals surface area (Å²) in [6.07, 6.45) is 0. The zero-order chi connectivity index (χ0) is 17.9. The summed E-state index contributed by atoms with van der Waals surface area (Å²) in [7, 11) is 0. The molecule has 0 radical (unpaired) electrons. The summed E-state index contributed by atoms with van der Waals surface area (Å²) in [6.45, 7) is 0.840. The van der Waals surface area contributed by atoms with Crippen molar-refractivity contribution in [1.82, 2.24) is 5.32 Å². The lowest BCUT2D eigenvalue weighted by Crippen LogP contribution is -2.27. The predicted molar refractivity (Wildman–Crippen MR) is 102 cm³/mol. The molecule has 0 unspecified atom stereocenters. The zero-order valence-electron chi connectivity index (χ0n) is 14.2. The van der Waals surface area contributed by atoms with E-state index in [4.69, 9.17) is 0 Å². The van der Waals surface area contributed by atoms with E-state index >= 15 is 0 Å². The maximum Gasteiger partial charge on any atom is 0.238 e. The number of hydrogen-bond acceptors (Lipinski definition) is 3. The molecule has 4 rings (SSSR count). The molecule has 26 heavy (non-hydrogen) atoms. The quantitative estimate of drug-likeness (QED) is 0.582. The highest BCUT2D eigenvalue weighted by molar-refractivity contribution is 6.22. The molecule has 1 amide bonds. The number of benzene rings is 3. The van der Waals surface area contributed by atoms with Crippen molar-refractivity contribution in [1.29, 1.82) is 0 Å². The topological polar surface area (TPSA) is 58.2 Å². The van der Waals surface area contributed by atoms with Gasteiger partial charge in [-0.05, 0) is 28.8 Å². The van der Waals surface area contributed by atoms with Gasteiger partial charge in [0.15, 0.2) is 5.78 Å². The summed E-state index contributed by atoms with van der Waals surface area (Å²) in [5.74, 6) is -0.127. The van der Waals surface area contributed by atoms with Crippen LogP contribution in [0.2, 0.25) is 0 Å². The van der Waals surface area contributed by atoms with Gasteiger partial charge in [-0.2, -0.15) is 0 Å². The van der Waals surface area contributed by atoms with E-state index in [-0.39, 0.29) is 18.2 Å². The van der Waals surface area contributed by atoms with Crippen molar-refractivity contribution >= 4 is 17.4 Å². The van der Waals surface area contributed by atoms with Crippen molar-refractivity contribution in [3.8, 4) is 11.1 Å². The van der Waals surface area contributed by atoms with Gasteiger partial charge in [0.2, 0.25) is 5.91 Å². The highest BCUT2D eigenvalue weighted by Crippen LogP contribution is 2.37. The van der Waals surface area contributed by atoms with Crippen LogP contribution in [0.3, 0.4) is 0 Å². The molecule has 3 aromatic carbocycles. The number of amides is 1. The van der Waals surface area contributed by atoms with E-state index in [0.717, 1.165) is 22.3 Å². The van der Waals surface area contributed by atoms with Gasteiger partial charge in [0.25, 0.3) is 0 Å². The van der Waals surface area contributed by atoms with E-state index < -0.39 is 0 Å². The molecule has 4 heteroatoms. The first-order valence-electron chi connectivity index (χ1n) is 8.55. The maximum atomic E-state index is 12.5. The van der Waals surface area contributed by atoms with Crippen LogP contribution in [0.5, 0.6) is 0 Å². The summed E-state index contributed by atoms with van der Waals surface area (Å²) >= 11 is 0. The predicted octanol–water partition coefficient (Wildman–Crippen LogP) is 3.63. The third-order valence-electron chi connectivity index (χ3n) is 4.47. The van der Waals surface area contributed by atoms with E-state index in [1.807, 2.05) is 66.7 Å². The van der Waals surface area contributed by atoms with Crippen LogP contribution in [0.15, 0.2) is 72.8 Å². The van der Waals surface area contributed by atoms with Gasteiger partial charge in [-0.1, -0.05) is 60.7 Å². The molecule has 0 fully saturated rings. The first-order chi connectivity index (χ1) is 12.7. The van der Waals surface area contributed by atoms with Gasteiger partial charge < -0.3 is 10.6 Å². The molecular formula is C22H18N2O2. The average Bonchev–Trinajstić information content (AvgIpc) is 2.95. The Hall–Kier alpha value is -3.24. The van der Waals surface area contributed by atoms with Crippen molar-refractivity contribution in [2.45, 2.75) is 6.54 Å². The first kappa shape index (κ1) is 16.2. The van der Waals surface area contributed by atoms with Crippen LogP contribution in [-0.4, -0.2) is 18.2 Å². The van der Waals surface area contributed by atoms with Crippen molar-refractivity contribution < 1.29 is 9.59 Å². The minimum Gasteiger partial charge on any atom is -0.325 e. The van der Waals surface area contributed by atoms with Crippen LogP contribution < -0.4 is 10.6 Å². The molecule has 0 aliphatic heterocycles. The molecule has 1 aliphatic rings. The van der Waals surface area contributed by atoms with Crippen LogP contribution in [0.1, 0.15) is 21.5 Å². The Labute approximate surface area is 151 Å². The molecular weight excluding hydrogens is 324 g/mol. The van der Waals surface area contributed by atoms with E-state index in [1.165, 1.54) is 0 Å². The number of carbonyl (C=O) groups is 2. The molecule has 4 nitrogen and oxygen atoms in total. The number of carbonyl (C=O) groups excluding carboxylic acids is 2. The second kappa shape index (κ2) is 6.94. The molecule has 128 valence electrons. The van der Waals surface area contributed by atoms with Gasteiger partial charge in [0.1, 0.15) is 0 Å². The van der Waals surface area contributed by atoms with Crippen LogP contribution in [-0.2, 0) is 11.3 Å². The van der Waals surface area contributed by atoms with E-state index in [2.05, 4.69) is 10.6 Å². The maximum absolute atomic E-state index is 12.5. The fraction of sp³-hybridized carbons (Fsp3) is 0.0909. The van der Waals surface area contributed by atoms with E-state index in [0.29, 0.717) is 17.8 Å².